The van der Waals surface area contributed by atoms with E-state index in [9.17, 15) is 4.79 Å². The number of hydrogen-bond acceptors (Lipinski definition) is 1. The quantitative estimate of drug-likeness (QED) is 0.888. The van der Waals surface area contributed by atoms with Crippen LogP contribution in [0.15, 0.2) is 30.3 Å². The molecule has 20 heavy (non-hydrogen) atoms. The van der Waals surface area contributed by atoms with Gasteiger partial charge < -0.3 is 10.2 Å². The maximum Gasteiger partial charge on any atom is 0.317 e. The summed E-state index contributed by atoms with van der Waals surface area (Å²) in [5.74, 6) is 0.591. The normalized spacial score (nSPS) is 23.9. The lowest BCUT2D eigenvalue weighted by atomic mass is 9.86. The number of amides is 2. The predicted octanol–water partition coefficient (Wildman–Crippen LogP) is 3.97. The molecule has 0 heterocycles. The first kappa shape index (κ1) is 14.9. The predicted molar refractivity (Wildman–Crippen MR) is 82.6 cm³/mol. The standard InChI is InChI=1S/C17H26N2O/c1-13-9-7-8-12-16(13)18-17(20)19(3)14(2)15-10-5-4-6-11-15/h4-6,10-11,13-14,16H,7-9,12H2,1-3H3,(H,18,20)/t13-,14-,16-/m1/s1. The number of hydrogen-bond donors (Lipinski definition) is 1. The molecule has 0 saturated heterocycles. The van der Waals surface area contributed by atoms with E-state index in [4.69, 9.17) is 0 Å². The zero-order valence-corrected chi connectivity index (χ0v) is 12.8. The van der Waals surface area contributed by atoms with Gasteiger partial charge in [-0.3, -0.25) is 0 Å². The van der Waals surface area contributed by atoms with E-state index in [0.717, 1.165) is 6.42 Å². The Labute approximate surface area is 122 Å². The van der Waals surface area contributed by atoms with E-state index in [1.165, 1.54) is 24.8 Å². The summed E-state index contributed by atoms with van der Waals surface area (Å²) in [6.45, 7) is 4.31. The first-order valence-corrected chi connectivity index (χ1v) is 7.68. The Morgan fingerprint density at radius 2 is 1.90 bits per heavy atom. The van der Waals surface area contributed by atoms with Gasteiger partial charge >= 0.3 is 6.03 Å². The summed E-state index contributed by atoms with van der Waals surface area (Å²) in [6.07, 6.45) is 4.86. The number of rotatable bonds is 3. The van der Waals surface area contributed by atoms with E-state index in [0.29, 0.717) is 12.0 Å². The van der Waals surface area contributed by atoms with Crippen molar-refractivity contribution in [1.82, 2.24) is 10.2 Å². The fourth-order valence-corrected chi connectivity index (χ4v) is 2.92. The Morgan fingerprint density at radius 3 is 2.55 bits per heavy atom. The minimum atomic E-state index is 0.0418. The molecule has 3 heteroatoms. The number of benzene rings is 1. The second-order valence-electron chi connectivity index (χ2n) is 6.02. The lowest BCUT2D eigenvalue weighted by Gasteiger charge is -2.33. The number of nitrogens with one attached hydrogen (secondary N) is 1. The highest BCUT2D eigenvalue weighted by Gasteiger charge is 2.25. The van der Waals surface area contributed by atoms with Crippen LogP contribution in [0.25, 0.3) is 0 Å². The number of urea groups is 1. The molecule has 0 aromatic heterocycles. The number of nitrogens with zero attached hydrogens (tertiary/aromatic N) is 1. The Balaban J connectivity index is 1.94. The average Bonchev–Trinajstić information content (AvgIpc) is 2.49. The van der Waals surface area contributed by atoms with E-state index < -0.39 is 0 Å². The van der Waals surface area contributed by atoms with Gasteiger partial charge in [-0.2, -0.15) is 0 Å². The Morgan fingerprint density at radius 1 is 1.25 bits per heavy atom. The molecule has 0 spiro atoms. The molecule has 3 atom stereocenters. The first-order valence-electron chi connectivity index (χ1n) is 7.68. The van der Waals surface area contributed by atoms with Crippen molar-refractivity contribution in [3.8, 4) is 0 Å². The van der Waals surface area contributed by atoms with Crippen LogP contribution in [0, 0.1) is 5.92 Å². The van der Waals surface area contributed by atoms with Crippen molar-refractivity contribution in [3.63, 3.8) is 0 Å². The van der Waals surface area contributed by atoms with E-state index in [1.54, 1.807) is 4.90 Å². The van der Waals surface area contributed by atoms with Gasteiger partial charge in [0.2, 0.25) is 0 Å². The molecule has 1 aromatic rings. The fourth-order valence-electron chi connectivity index (χ4n) is 2.92. The minimum absolute atomic E-state index is 0.0418. The summed E-state index contributed by atoms with van der Waals surface area (Å²) in [4.78, 5) is 14.2. The van der Waals surface area contributed by atoms with Gasteiger partial charge in [-0.05, 0) is 31.2 Å². The van der Waals surface area contributed by atoms with Gasteiger partial charge in [-0.25, -0.2) is 4.79 Å². The van der Waals surface area contributed by atoms with Crippen LogP contribution < -0.4 is 5.32 Å². The molecule has 1 N–H and O–H groups in total. The summed E-state index contributed by atoms with van der Waals surface area (Å²) in [7, 11) is 1.88. The van der Waals surface area contributed by atoms with Gasteiger partial charge in [0.05, 0.1) is 6.04 Å². The molecular formula is C17H26N2O. The molecule has 1 aliphatic carbocycles. The number of carbonyl (C=O) groups excluding carboxylic acids is 1. The summed E-state index contributed by atoms with van der Waals surface area (Å²) in [6, 6.07) is 10.6. The van der Waals surface area contributed by atoms with E-state index in [1.807, 2.05) is 25.2 Å². The van der Waals surface area contributed by atoms with Crippen molar-refractivity contribution in [2.75, 3.05) is 7.05 Å². The van der Waals surface area contributed by atoms with Crippen LogP contribution in [0.1, 0.15) is 51.1 Å². The third-order valence-electron chi connectivity index (χ3n) is 4.60. The third kappa shape index (κ3) is 3.53. The molecule has 2 amide bonds. The molecule has 1 fully saturated rings. The second kappa shape index (κ2) is 6.78. The van der Waals surface area contributed by atoms with E-state index >= 15 is 0 Å². The molecule has 3 nitrogen and oxygen atoms in total. The van der Waals surface area contributed by atoms with Crippen molar-refractivity contribution in [2.45, 2.75) is 51.6 Å². The zero-order valence-electron chi connectivity index (χ0n) is 12.8. The van der Waals surface area contributed by atoms with Crippen LogP contribution in [0.4, 0.5) is 4.79 Å². The SMILES string of the molecule is C[C@@H]1CCCC[C@H]1NC(=O)N(C)[C@H](C)c1ccccc1. The van der Waals surface area contributed by atoms with E-state index in [2.05, 4.69) is 31.3 Å². The van der Waals surface area contributed by atoms with Crippen LogP contribution in [-0.2, 0) is 0 Å². The van der Waals surface area contributed by atoms with Gasteiger partial charge in [-0.1, -0.05) is 50.1 Å². The van der Waals surface area contributed by atoms with Gasteiger partial charge in [0, 0.05) is 13.1 Å². The van der Waals surface area contributed by atoms with Gasteiger partial charge in [0.1, 0.15) is 0 Å². The Hall–Kier alpha value is -1.51. The monoisotopic (exact) mass is 274 g/mol. The van der Waals surface area contributed by atoms with Gasteiger partial charge in [-0.15, -0.1) is 0 Å². The summed E-state index contributed by atoms with van der Waals surface area (Å²) in [5, 5.41) is 3.21. The van der Waals surface area contributed by atoms with Crippen LogP contribution in [0.3, 0.4) is 0 Å². The first-order chi connectivity index (χ1) is 9.59. The topological polar surface area (TPSA) is 32.3 Å². The molecule has 110 valence electrons. The van der Waals surface area contributed by atoms with Crippen molar-refractivity contribution < 1.29 is 4.79 Å². The van der Waals surface area contributed by atoms with Crippen LogP contribution in [-0.4, -0.2) is 24.0 Å². The summed E-state index contributed by atoms with van der Waals surface area (Å²) in [5.41, 5.74) is 1.17. The molecule has 1 aromatic carbocycles. The Bertz CT molecular complexity index is 432. The lowest BCUT2D eigenvalue weighted by molar-refractivity contribution is 0.179. The van der Waals surface area contributed by atoms with Crippen LogP contribution >= 0.6 is 0 Å². The smallest absolute Gasteiger partial charge is 0.317 e. The third-order valence-corrected chi connectivity index (χ3v) is 4.60. The van der Waals surface area contributed by atoms with Crippen molar-refractivity contribution in [2.24, 2.45) is 5.92 Å². The number of carbonyl (C=O) groups is 1. The largest absolute Gasteiger partial charge is 0.335 e. The van der Waals surface area contributed by atoms with Crippen molar-refractivity contribution >= 4 is 6.03 Å². The maximum atomic E-state index is 12.4. The summed E-state index contributed by atoms with van der Waals surface area (Å²) >= 11 is 0. The van der Waals surface area contributed by atoms with Crippen molar-refractivity contribution in [3.05, 3.63) is 35.9 Å². The van der Waals surface area contributed by atoms with E-state index in [-0.39, 0.29) is 12.1 Å². The van der Waals surface area contributed by atoms with Crippen molar-refractivity contribution in [1.29, 1.82) is 0 Å². The molecular weight excluding hydrogens is 248 g/mol. The lowest BCUT2D eigenvalue weighted by Crippen LogP contribution is -2.47. The van der Waals surface area contributed by atoms with Gasteiger partial charge in [0.25, 0.3) is 0 Å². The molecule has 0 aliphatic heterocycles. The van der Waals surface area contributed by atoms with Gasteiger partial charge in [0.15, 0.2) is 0 Å². The summed E-state index contributed by atoms with van der Waals surface area (Å²) < 4.78 is 0. The maximum absolute atomic E-state index is 12.4. The molecule has 0 radical (unpaired) electrons. The second-order valence-corrected chi connectivity index (χ2v) is 6.02. The highest BCUT2D eigenvalue weighted by atomic mass is 16.2. The highest BCUT2D eigenvalue weighted by Crippen LogP contribution is 2.24. The van der Waals surface area contributed by atoms with Crippen LogP contribution in [0.5, 0.6) is 0 Å². The molecule has 1 saturated carbocycles. The zero-order chi connectivity index (χ0) is 14.5. The molecule has 0 bridgehead atoms. The molecule has 2 rings (SSSR count). The fraction of sp³-hybridized carbons (Fsp3) is 0.588. The van der Waals surface area contributed by atoms with Crippen LogP contribution in [0.2, 0.25) is 0 Å². The Kier molecular flexibility index (Phi) is 5.05. The average molecular weight is 274 g/mol. The minimum Gasteiger partial charge on any atom is -0.335 e. The molecule has 1 aliphatic rings. The highest BCUT2D eigenvalue weighted by molar-refractivity contribution is 5.74. The molecule has 0 unspecified atom stereocenters.